The summed E-state index contributed by atoms with van der Waals surface area (Å²) in [5, 5.41) is 0. The molecule has 2 nitrogen and oxygen atoms in total. The summed E-state index contributed by atoms with van der Waals surface area (Å²) in [5.74, 6) is 3.10. The Hall–Kier alpha value is -2.92. The number of hydrogen-bond donors (Lipinski definition) is 0. The third-order valence-electron chi connectivity index (χ3n) is 17.8. The quantitative estimate of drug-likeness (QED) is 0.0158. The molecule has 2 aromatic rings. The van der Waals surface area contributed by atoms with Crippen LogP contribution in [0.15, 0.2) is 71.8 Å². The lowest BCUT2D eigenvalue weighted by Crippen LogP contribution is -2.03. The number of nitrogens with zero attached hydrogens (tertiary/aromatic N) is 2. The molecule has 0 aromatic heterocycles. The lowest BCUT2D eigenvalue weighted by molar-refractivity contribution is 0.00742. The molecule has 2 heteroatoms. The van der Waals surface area contributed by atoms with E-state index in [0.29, 0.717) is 0 Å². The standard InChI is InChI=1S/C78H134N2/c1-5-9-12-15-17-19-21-23-25-27-29-31-33-34-35-36-38-40-42-44-46-48-50-52-54-56-59-68-76(73(8-4)71-80-79)78(75-67-62-64-72(70-75)63-57-14-11-7-3)77-69-61-60-66-74(77)65-58-55-53-51-49-47-45-43-41-39-37-32-30-28-26-24-22-20-18-16-13-10-6-2/h51,53,60-62,64,66-67,69-70H,5-50,52,54-59,63,65,68H2,1-4H3. The summed E-state index contributed by atoms with van der Waals surface area (Å²) in [6.45, 7) is 9.13. The van der Waals surface area contributed by atoms with Crippen LogP contribution in [0, 0.1) is 0 Å². The molecule has 0 fully saturated rings. The fourth-order valence-electron chi connectivity index (χ4n) is 12.6. The molecule has 0 aliphatic carbocycles. The van der Waals surface area contributed by atoms with E-state index >= 15 is 0 Å². The van der Waals surface area contributed by atoms with Crippen LogP contribution in [0.1, 0.15) is 397 Å². The molecule has 0 aliphatic heterocycles. The maximum Gasteiger partial charge on any atom is 0.303 e. The molecule has 2 rings (SSSR count). The molecule has 0 unspecified atom stereocenters. The predicted octanol–water partition coefficient (Wildman–Crippen LogP) is 27.1. The van der Waals surface area contributed by atoms with E-state index in [1.54, 1.807) is 0 Å². The smallest absolute Gasteiger partial charge is 0.303 e. The van der Waals surface area contributed by atoms with Crippen LogP contribution >= 0.6 is 0 Å². The van der Waals surface area contributed by atoms with Gasteiger partial charge in [0.2, 0.25) is 0 Å². The Kier molecular flexibility index (Phi) is 52.9. The lowest BCUT2D eigenvalue weighted by atomic mass is 9.83. The van der Waals surface area contributed by atoms with Gasteiger partial charge in [0, 0.05) is 0 Å². The molecule has 0 saturated heterocycles. The minimum absolute atomic E-state index is 0.797. The largest absolute Gasteiger partial charge is 0.348 e. The summed E-state index contributed by atoms with van der Waals surface area (Å²) in [6, 6.07) is 18.7. The topological polar surface area (TPSA) is 36.4 Å². The molecule has 0 heterocycles. The van der Waals surface area contributed by atoms with Gasteiger partial charge in [0.15, 0.2) is 0 Å². The van der Waals surface area contributed by atoms with Crippen LogP contribution in [0.4, 0.5) is 0 Å². The van der Waals surface area contributed by atoms with E-state index in [1.165, 1.54) is 348 Å². The zero-order valence-corrected chi connectivity index (χ0v) is 54.3. The van der Waals surface area contributed by atoms with E-state index in [9.17, 15) is 5.53 Å². The Morgan fingerprint density at radius 1 is 0.375 bits per heavy atom. The molecule has 456 valence electrons. The molecular formula is C78H134N2. The maximum absolute atomic E-state index is 9.96. The third kappa shape index (κ3) is 42.0. The summed E-state index contributed by atoms with van der Waals surface area (Å²) >= 11 is 0. The summed E-state index contributed by atoms with van der Waals surface area (Å²) in [5.41, 5.74) is 19.2. The van der Waals surface area contributed by atoms with Gasteiger partial charge in [-0.3, -0.25) is 0 Å². The van der Waals surface area contributed by atoms with Crippen molar-refractivity contribution in [2.75, 3.05) is 0 Å². The molecule has 0 spiro atoms. The van der Waals surface area contributed by atoms with Crippen LogP contribution in [0.3, 0.4) is 0 Å². The lowest BCUT2D eigenvalue weighted by Gasteiger charge is -2.20. The molecule has 2 aromatic carbocycles. The van der Waals surface area contributed by atoms with Gasteiger partial charge in [-0.2, -0.15) is 0 Å². The van der Waals surface area contributed by atoms with Gasteiger partial charge in [0.25, 0.3) is 0 Å². The van der Waals surface area contributed by atoms with Gasteiger partial charge in [-0.05, 0) is 97.6 Å². The molecule has 80 heavy (non-hydrogen) atoms. The first-order valence-corrected chi connectivity index (χ1v) is 36.2. The average Bonchev–Trinajstić information content (AvgIpc) is 3.55. The monoisotopic (exact) mass is 1100 g/mol. The van der Waals surface area contributed by atoms with Gasteiger partial charge in [0.1, 0.15) is 0 Å². The van der Waals surface area contributed by atoms with Crippen molar-refractivity contribution in [3.8, 4) is 0 Å². The number of rotatable bonds is 60. The Morgan fingerprint density at radius 3 is 1.14 bits per heavy atom. The number of aryl methyl sites for hydroxylation is 2. The minimum Gasteiger partial charge on any atom is -0.348 e. The maximum atomic E-state index is 9.96. The third-order valence-corrected chi connectivity index (χ3v) is 17.8. The van der Waals surface area contributed by atoms with Gasteiger partial charge in [-0.25, -0.2) is 0 Å². The second kappa shape index (κ2) is 57.9. The highest BCUT2D eigenvalue weighted by molar-refractivity contribution is 5.88. The Labute approximate surface area is 500 Å². The molecular weight excluding hydrogens is 965 g/mol. The summed E-state index contributed by atoms with van der Waals surface area (Å²) in [6.07, 6.45) is 81.5. The van der Waals surface area contributed by atoms with Crippen LogP contribution in [-0.2, 0) is 12.8 Å². The van der Waals surface area contributed by atoms with Crippen LogP contribution in [0.5, 0.6) is 0 Å². The summed E-state index contributed by atoms with van der Waals surface area (Å²) in [4.78, 5) is 3.55. The zero-order chi connectivity index (χ0) is 57.1. The van der Waals surface area contributed by atoms with Crippen molar-refractivity contribution in [1.82, 2.24) is 0 Å². The minimum atomic E-state index is 0.797. The van der Waals surface area contributed by atoms with E-state index in [-0.39, 0.29) is 0 Å². The molecule has 0 aliphatic rings. The summed E-state index contributed by atoms with van der Waals surface area (Å²) < 4.78 is 0. The van der Waals surface area contributed by atoms with Crippen molar-refractivity contribution in [1.29, 1.82) is 0 Å². The average molecular weight is 1100 g/mol. The highest BCUT2D eigenvalue weighted by Crippen LogP contribution is 2.37. The Balaban J connectivity index is 1.79. The van der Waals surface area contributed by atoms with Crippen molar-refractivity contribution in [3.05, 3.63) is 99.6 Å². The SMILES string of the molecule is CCCCCCCCCCCCCCCCCCCCC=CCCCc1ccccc1C(=C(CCCCCCCCCCCCCCCCCCCCCCCCCCCCC)C(=C=[N+]=[N-])CC)c1cccc(CCCCCC)c1. The molecule has 0 saturated carbocycles. The van der Waals surface area contributed by atoms with Crippen LogP contribution < -0.4 is 0 Å². The number of hydrogen-bond acceptors (Lipinski definition) is 0. The predicted molar refractivity (Wildman–Crippen MR) is 360 cm³/mol. The van der Waals surface area contributed by atoms with E-state index in [0.717, 1.165) is 50.5 Å². The highest BCUT2D eigenvalue weighted by atomic mass is 14.8. The van der Waals surface area contributed by atoms with Crippen molar-refractivity contribution in [2.45, 2.75) is 387 Å². The van der Waals surface area contributed by atoms with Crippen LogP contribution in [-0.4, -0.2) is 10.7 Å². The molecule has 0 amide bonds. The van der Waals surface area contributed by atoms with Gasteiger partial charge in [-0.15, -0.1) is 4.79 Å². The first-order chi connectivity index (χ1) is 39.7. The van der Waals surface area contributed by atoms with E-state index in [2.05, 4.69) is 99.0 Å². The fourth-order valence-corrected chi connectivity index (χ4v) is 12.6. The van der Waals surface area contributed by atoms with Crippen molar-refractivity contribution >= 4 is 11.4 Å². The molecule has 0 atom stereocenters. The van der Waals surface area contributed by atoms with Gasteiger partial charge in [-0.1, -0.05) is 384 Å². The Bertz CT molecular complexity index is 1800. The fraction of sp³-hybridized carbons (Fsp3) is 0.769. The number of unbranched alkanes of at least 4 members (excludes halogenated alkanes) is 48. The number of benzene rings is 2. The Morgan fingerprint density at radius 2 is 0.738 bits per heavy atom. The first kappa shape index (κ1) is 73.2. The van der Waals surface area contributed by atoms with E-state index in [4.69, 9.17) is 0 Å². The second-order valence-corrected chi connectivity index (χ2v) is 25.2. The van der Waals surface area contributed by atoms with Gasteiger partial charge < -0.3 is 5.53 Å². The van der Waals surface area contributed by atoms with Crippen molar-refractivity contribution < 1.29 is 4.79 Å². The first-order valence-electron chi connectivity index (χ1n) is 36.2. The van der Waals surface area contributed by atoms with Crippen LogP contribution in [0.2, 0.25) is 0 Å². The normalized spacial score (nSPS) is 11.9. The van der Waals surface area contributed by atoms with E-state index < -0.39 is 0 Å². The second-order valence-electron chi connectivity index (χ2n) is 25.2. The molecule has 0 N–H and O–H groups in total. The zero-order valence-electron chi connectivity index (χ0n) is 54.3. The number of allylic oxidation sites excluding steroid dienone is 4. The van der Waals surface area contributed by atoms with Crippen molar-refractivity contribution in [3.63, 3.8) is 0 Å². The van der Waals surface area contributed by atoms with Gasteiger partial charge >= 0.3 is 5.87 Å². The highest BCUT2D eigenvalue weighted by Gasteiger charge is 2.20. The molecule has 0 bridgehead atoms. The summed E-state index contributed by atoms with van der Waals surface area (Å²) in [7, 11) is 0. The van der Waals surface area contributed by atoms with E-state index in [1.807, 2.05) is 0 Å². The van der Waals surface area contributed by atoms with Gasteiger partial charge in [0.05, 0.1) is 5.57 Å². The van der Waals surface area contributed by atoms with Crippen LogP contribution in [0.25, 0.3) is 11.1 Å². The molecule has 0 radical (unpaired) electrons. The van der Waals surface area contributed by atoms with Crippen molar-refractivity contribution in [2.24, 2.45) is 0 Å².